The zero-order valence-electron chi connectivity index (χ0n) is 10.5. The summed E-state index contributed by atoms with van der Waals surface area (Å²) in [5, 5.41) is 0. The Morgan fingerprint density at radius 2 is 2.06 bits per heavy atom. The SMILES string of the molecule is CC.CCC(=O)/C=C/c1cccc(OC)c1. The molecular weight excluding hydrogens is 200 g/mol. The molecule has 0 unspecified atom stereocenters. The molecule has 16 heavy (non-hydrogen) atoms. The second kappa shape index (κ2) is 8.72. The second-order valence-electron chi connectivity index (χ2n) is 2.93. The molecule has 0 heterocycles. The molecule has 0 atom stereocenters. The van der Waals surface area contributed by atoms with Crippen LogP contribution in [0.4, 0.5) is 0 Å². The van der Waals surface area contributed by atoms with Crippen molar-refractivity contribution in [1.29, 1.82) is 0 Å². The minimum atomic E-state index is 0.132. The summed E-state index contributed by atoms with van der Waals surface area (Å²) in [6, 6.07) is 7.59. The first kappa shape index (κ1) is 14.4. The summed E-state index contributed by atoms with van der Waals surface area (Å²) < 4.78 is 5.07. The highest BCUT2D eigenvalue weighted by Gasteiger charge is 1.93. The normalized spacial score (nSPS) is 9.50. The van der Waals surface area contributed by atoms with Crippen LogP contribution in [-0.4, -0.2) is 12.9 Å². The molecule has 0 amide bonds. The molecule has 0 aliphatic heterocycles. The molecular formula is C14H20O2. The Bertz CT molecular complexity index is 340. The van der Waals surface area contributed by atoms with Gasteiger partial charge < -0.3 is 4.74 Å². The van der Waals surface area contributed by atoms with E-state index in [1.54, 1.807) is 19.3 Å². The Morgan fingerprint density at radius 3 is 2.62 bits per heavy atom. The van der Waals surface area contributed by atoms with Gasteiger partial charge in [0.25, 0.3) is 0 Å². The van der Waals surface area contributed by atoms with E-state index in [0.29, 0.717) is 6.42 Å². The maximum atomic E-state index is 11.0. The van der Waals surface area contributed by atoms with Crippen LogP contribution in [0.3, 0.4) is 0 Å². The van der Waals surface area contributed by atoms with Gasteiger partial charge in [0.15, 0.2) is 5.78 Å². The highest BCUT2D eigenvalue weighted by atomic mass is 16.5. The van der Waals surface area contributed by atoms with Crippen LogP contribution in [0.5, 0.6) is 5.75 Å². The van der Waals surface area contributed by atoms with Gasteiger partial charge in [-0.05, 0) is 23.8 Å². The van der Waals surface area contributed by atoms with Crippen LogP contribution in [-0.2, 0) is 4.79 Å². The molecule has 0 aromatic heterocycles. The first-order valence-corrected chi connectivity index (χ1v) is 5.61. The van der Waals surface area contributed by atoms with E-state index in [2.05, 4.69) is 0 Å². The van der Waals surface area contributed by atoms with Crippen LogP contribution in [0, 0.1) is 0 Å². The number of allylic oxidation sites excluding steroid dienone is 1. The lowest BCUT2D eigenvalue weighted by atomic mass is 10.2. The van der Waals surface area contributed by atoms with E-state index in [0.717, 1.165) is 11.3 Å². The standard InChI is InChI=1S/C12H14O2.C2H6/c1-3-11(13)8-7-10-5-4-6-12(9-10)14-2;1-2/h4-9H,3H2,1-2H3;1-2H3/b8-7+;. The fourth-order valence-corrected chi connectivity index (χ4v) is 1.05. The first-order valence-electron chi connectivity index (χ1n) is 5.61. The Hall–Kier alpha value is -1.57. The third-order valence-electron chi connectivity index (χ3n) is 1.90. The van der Waals surface area contributed by atoms with Gasteiger partial charge in [-0.25, -0.2) is 0 Å². The van der Waals surface area contributed by atoms with Gasteiger partial charge in [0.2, 0.25) is 0 Å². The molecule has 1 aromatic rings. The van der Waals surface area contributed by atoms with Crippen LogP contribution in [0.15, 0.2) is 30.3 Å². The average Bonchev–Trinajstić information content (AvgIpc) is 2.38. The lowest BCUT2D eigenvalue weighted by molar-refractivity contribution is -0.114. The van der Waals surface area contributed by atoms with Crippen molar-refractivity contribution in [2.75, 3.05) is 7.11 Å². The van der Waals surface area contributed by atoms with E-state index in [9.17, 15) is 4.79 Å². The molecule has 0 saturated carbocycles. The molecule has 1 rings (SSSR count). The minimum Gasteiger partial charge on any atom is -0.497 e. The molecule has 2 nitrogen and oxygen atoms in total. The van der Waals surface area contributed by atoms with Gasteiger partial charge in [-0.15, -0.1) is 0 Å². The third kappa shape index (κ3) is 5.35. The van der Waals surface area contributed by atoms with Gasteiger partial charge in [0, 0.05) is 6.42 Å². The molecule has 0 aliphatic rings. The number of carbonyl (C=O) groups is 1. The smallest absolute Gasteiger partial charge is 0.155 e. The van der Waals surface area contributed by atoms with Crippen LogP contribution in [0.2, 0.25) is 0 Å². The van der Waals surface area contributed by atoms with E-state index >= 15 is 0 Å². The molecule has 0 bridgehead atoms. The lowest BCUT2D eigenvalue weighted by Gasteiger charge is -1.99. The minimum absolute atomic E-state index is 0.132. The number of hydrogen-bond acceptors (Lipinski definition) is 2. The summed E-state index contributed by atoms with van der Waals surface area (Å²) in [7, 11) is 1.63. The number of rotatable bonds is 4. The maximum Gasteiger partial charge on any atom is 0.155 e. The molecule has 0 saturated heterocycles. The van der Waals surface area contributed by atoms with E-state index < -0.39 is 0 Å². The van der Waals surface area contributed by atoms with Gasteiger partial charge >= 0.3 is 0 Å². The van der Waals surface area contributed by atoms with Crippen LogP contribution >= 0.6 is 0 Å². The van der Waals surface area contributed by atoms with E-state index in [1.165, 1.54) is 0 Å². The van der Waals surface area contributed by atoms with Gasteiger partial charge in [-0.2, -0.15) is 0 Å². The number of methoxy groups -OCH3 is 1. The van der Waals surface area contributed by atoms with E-state index in [4.69, 9.17) is 4.74 Å². The summed E-state index contributed by atoms with van der Waals surface area (Å²) in [4.78, 5) is 11.0. The van der Waals surface area contributed by atoms with E-state index in [1.807, 2.05) is 45.0 Å². The van der Waals surface area contributed by atoms with Crippen molar-refractivity contribution in [2.24, 2.45) is 0 Å². The van der Waals surface area contributed by atoms with Crippen molar-refractivity contribution in [3.05, 3.63) is 35.9 Å². The van der Waals surface area contributed by atoms with Crippen LogP contribution in [0.25, 0.3) is 6.08 Å². The number of carbonyl (C=O) groups excluding carboxylic acids is 1. The van der Waals surface area contributed by atoms with Crippen molar-refractivity contribution in [1.82, 2.24) is 0 Å². The second-order valence-corrected chi connectivity index (χ2v) is 2.93. The van der Waals surface area contributed by atoms with Crippen molar-refractivity contribution < 1.29 is 9.53 Å². The maximum absolute atomic E-state index is 11.0. The summed E-state index contributed by atoms with van der Waals surface area (Å²) in [5.74, 6) is 0.934. The molecule has 88 valence electrons. The third-order valence-corrected chi connectivity index (χ3v) is 1.90. The molecule has 0 N–H and O–H groups in total. The fraction of sp³-hybridized carbons (Fsp3) is 0.357. The van der Waals surface area contributed by atoms with E-state index in [-0.39, 0.29) is 5.78 Å². The predicted octanol–water partition coefficient (Wildman–Crippen LogP) is 3.71. The molecule has 0 radical (unpaired) electrons. The fourth-order valence-electron chi connectivity index (χ4n) is 1.05. The average molecular weight is 220 g/mol. The molecule has 2 heteroatoms. The van der Waals surface area contributed by atoms with Gasteiger partial charge in [0.1, 0.15) is 5.75 Å². The molecule has 1 aromatic carbocycles. The van der Waals surface area contributed by atoms with Crippen molar-refractivity contribution in [3.8, 4) is 5.75 Å². The quantitative estimate of drug-likeness (QED) is 0.723. The molecule has 0 fully saturated rings. The largest absolute Gasteiger partial charge is 0.497 e. The van der Waals surface area contributed by atoms with Gasteiger partial charge in [0.05, 0.1) is 7.11 Å². The van der Waals surface area contributed by atoms with Crippen LogP contribution in [0.1, 0.15) is 32.8 Å². The Labute approximate surface area is 97.9 Å². The number of ketones is 1. The Kier molecular flexibility index (Phi) is 7.86. The summed E-state index contributed by atoms with van der Waals surface area (Å²) in [6.07, 6.45) is 3.93. The van der Waals surface area contributed by atoms with Crippen molar-refractivity contribution in [2.45, 2.75) is 27.2 Å². The highest BCUT2D eigenvalue weighted by Crippen LogP contribution is 2.13. The number of hydrogen-bond donors (Lipinski definition) is 0. The Morgan fingerprint density at radius 1 is 1.38 bits per heavy atom. The predicted molar refractivity (Wildman–Crippen MR) is 68.7 cm³/mol. The summed E-state index contributed by atoms with van der Waals surface area (Å²) in [5.41, 5.74) is 0.978. The van der Waals surface area contributed by atoms with Crippen LogP contribution < -0.4 is 4.74 Å². The Balaban J connectivity index is 0.00000106. The zero-order valence-corrected chi connectivity index (χ0v) is 10.5. The highest BCUT2D eigenvalue weighted by molar-refractivity contribution is 5.93. The van der Waals surface area contributed by atoms with Gasteiger partial charge in [-0.3, -0.25) is 4.79 Å². The first-order chi connectivity index (χ1) is 7.76. The summed E-state index contributed by atoms with van der Waals surface area (Å²) in [6.45, 7) is 5.85. The van der Waals surface area contributed by atoms with Crippen molar-refractivity contribution in [3.63, 3.8) is 0 Å². The lowest BCUT2D eigenvalue weighted by Crippen LogP contribution is -1.87. The summed E-state index contributed by atoms with van der Waals surface area (Å²) >= 11 is 0. The van der Waals surface area contributed by atoms with Gasteiger partial charge in [-0.1, -0.05) is 39.0 Å². The zero-order chi connectivity index (χ0) is 12.4. The number of ether oxygens (including phenoxy) is 1. The topological polar surface area (TPSA) is 26.3 Å². The molecule has 0 spiro atoms. The van der Waals surface area contributed by atoms with Crippen molar-refractivity contribution >= 4 is 11.9 Å². The number of benzene rings is 1. The molecule has 0 aliphatic carbocycles. The monoisotopic (exact) mass is 220 g/mol.